The van der Waals surface area contributed by atoms with Crippen LogP contribution in [0.1, 0.15) is 0 Å². The first-order valence-electron chi connectivity index (χ1n) is 3.89. The molecule has 0 aliphatic heterocycles. The Morgan fingerprint density at radius 3 is 2.67 bits per heavy atom. The summed E-state index contributed by atoms with van der Waals surface area (Å²) in [7, 11) is 0. The fourth-order valence-electron chi connectivity index (χ4n) is 1.11. The second-order valence-corrected chi connectivity index (χ2v) is 2.61. The normalized spacial score (nSPS) is 10.1. The molecule has 15 heavy (non-hydrogen) atoms. The zero-order chi connectivity index (χ0) is 10.8. The maximum absolute atomic E-state index is 10.6. The number of rotatable bonds is 2. The highest BCUT2D eigenvalue weighted by Crippen LogP contribution is 2.26. The van der Waals surface area contributed by atoms with E-state index in [-0.39, 0.29) is 17.1 Å². The highest BCUT2D eigenvalue weighted by Gasteiger charge is 2.19. The van der Waals surface area contributed by atoms with Gasteiger partial charge in [-0.15, -0.1) is 0 Å². The van der Waals surface area contributed by atoms with Crippen LogP contribution in [-0.4, -0.2) is 10.1 Å². The second kappa shape index (κ2) is 3.37. The number of benzene rings is 1. The van der Waals surface area contributed by atoms with E-state index in [2.05, 4.69) is 14.1 Å². The van der Waals surface area contributed by atoms with Crippen molar-refractivity contribution < 1.29 is 13.9 Å². The summed E-state index contributed by atoms with van der Waals surface area (Å²) < 4.78 is 8.68. The molecule has 0 amide bonds. The molecular formula is C8H4N2O5. The third kappa shape index (κ3) is 1.62. The Bertz CT molecular complexity index is 556. The van der Waals surface area contributed by atoms with Gasteiger partial charge in [-0.05, 0) is 11.2 Å². The molecule has 0 saturated heterocycles. The van der Waals surface area contributed by atoms with Gasteiger partial charge in [-0.25, -0.2) is 4.79 Å². The van der Waals surface area contributed by atoms with Gasteiger partial charge in [-0.2, -0.15) is 0 Å². The maximum Gasteiger partial charge on any atom is 0.542 e. The molecule has 2 rings (SSSR count). The van der Waals surface area contributed by atoms with Gasteiger partial charge < -0.3 is 4.42 Å². The van der Waals surface area contributed by atoms with E-state index in [0.717, 1.165) is 0 Å². The van der Waals surface area contributed by atoms with Gasteiger partial charge in [0.2, 0.25) is 0 Å². The van der Waals surface area contributed by atoms with Crippen LogP contribution in [-0.2, 0) is 0 Å². The summed E-state index contributed by atoms with van der Waals surface area (Å²) in [5, 5.41) is 13.9. The summed E-state index contributed by atoms with van der Waals surface area (Å²) in [6.07, 6.45) is 0. The van der Waals surface area contributed by atoms with Crippen LogP contribution in [0.15, 0.2) is 38.0 Å². The minimum atomic E-state index is -0.997. The monoisotopic (exact) mass is 208 g/mol. The van der Waals surface area contributed by atoms with Crippen LogP contribution in [0, 0.1) is 10.1 Å². The summed E-state index contributed by atoms with van der Waals surface area (Å²) >= 11 is 0. The van der Waals surface area contributed by atoms with Crippen molar-refractivity contribution in [1.82, 2.24) is 5.16 Å². The SMILES string of the molecule is O=c1onc(-c2ccccc2[N+](=O)[O-])o1. The first-order valence-corrected chi connectivity index (χ1v) is 3.89. The summed E-state index contributed by atoms with van der Waals surface area (Å²) in [6.45, 7) is 0. The molecule has 1 aromatic heterocycles. The van der Waals surface area contributed by atoms with Crippen LogP contribution in [0.2, 0.25) is 0 Å². The Balaban J connectivity index is 2.62. The molecule has 0 fully saturated rings. The molecule has 1 aromatic carbocycles. The van der Waals surface area contributed by atoms with Gasteiger partial charge >= 0.3 is 5.82 Å². The van der Waals surface area contributed by atoms with Gasteiger partial charge in [0.1, 0.15) is 5.56 Å². The molecule has 7 nitrogen and oxygen atoms in total. The Kier molecular flexibility index (Phi) is 2.05. The fraction of sp³-hybridized carbons (Fsp3) is 0. The lowest BCUT2D eigenvalue weighted by Crippen LogP contribution is -1.91. The zero-order valence-corrected chi connectivity index (χ0v) is 7.25. The van der Waals surface area contributed by atoms with Crippen molar-refractivity contribution in [2.45, 2.75) is 0 Å². The predicted molar refractivity (Wildman–Crippen MR) is 47.1 cm³/mol. The van der Waals surface area contributed by atoms with Crippen LogP contribution < -0.4 is 5.82 Å². The number of para-hydroxylation sites is 1. The van der Waals surface area contributed by atoms with Gasteiger partial charge in [-0.1, -0.05) is 12.1 Å². The first kappa shape index (κ1) is 9.13. The number of hydrogen-bond donors (Lipinski definition) is 0. The van der Waals surface area contributed by atoms with Crippen LogP contribution in [0.5, 0.6) is 0 Å². The average Bonchev–Trinajstić information content (AvgIpc) is 2.65. The van der Waals surface area contributed by atoms with Crippen molar-refractivity contribution in [1.29, 1.82) is 0 Å². The van der Waals surface area contributed by atoms with E-state index < -0.39 is 10.7 Å². The molecule has 0 aliphatic rings. The highest BCUT2D eigenvalue weighted by atomic mass is 16.6. The van der Waals surface area contributed by atoms with Crippen molar-refractivity contribution in [3.8, 4) is 11.5 Å². The molecule has 0 N–H and O–H groups in total. The molecular weight excluding hydrogens is 204 g/mol. The molecule has 2 aromatic rings. The number of aromatic nitrogens is 1. The maximum atomic E-state index is 10.6. The molecule has 1 heterocycles. The van der Waals surface area contributed by atoms with Crippen LogP contribution in [0.4, 0.5) is 5.69 Å². The van der Waals surface area contributed by atoms with Crippen molar-refractivity contribution >= 4 is 5.69 Å². The lowest BCUT2D eigenvalue weighted by molar-refractivity contribution is -0.384. The van der Waals surface area contributed by atoms with Crippen LogP contribution in [0.25, 0.3) is 11.5 Å². The molecule has 76 valence electrons. The van der Waals surface area contributed by atoms with Crippen LogP contribution in [0.3, 0.4) is 0 Å². The van der Waals surface area contributed by atoms with E-state index in [1.54, 1.807) is 6.07 Å². The molecule has 0 saturated carbocycles. The number of nitro benzene ring substituents is 1. The fourth-order valence-corrected chi connectivity index (χ4v) is 1.11. The third-order valence-corrected chi connectivity index (χ3v) is 1.71. The molecule has 0 aliphatic carbocycles. The molecule has 0 spiro atoms. The first-order chi connectivity index (χ1) is 7.18. The second-order valence-electron chi connectivity index (χ2n) is 2.61. The molecule has 0 unspecified atom stereocenters. The largest absolute Gasteiger partial charge is 0.542 e. The van der Waals surface area contributed by atoms with E-state index in [1.807, 2.05) is 0 Å². The van der Waals surface area contributed by atoms with E-state index in [4.69, 9.17) is 0 Å². The summed E-state index contributed by atoms with van der Waals surface area (Å²) in [4.78, 5) is 20.6. The van der Waals surface area contributed by atoms with E-state index in [1.165, 1.54) is 18.2 Å². The van der Waals surface area contributed by atoms with Gasteiger partial charge in [-0.3, -0.25) is 14.6 Å². The van der Waals surface area contributed by atoms with Gasteiger partial charge in [0.05, 0.1) is 4.92 Å². The standard InChI is InChI=1S/C8H4N2O5/c11-8-14-7(9-15-8)5-3-1-2-4-6(5)10(12)13/h1-4H. The topological polar surface area (TPSA) is 99.4 Å². The number of nitrogens with zero attached hydrogens (tertiary/aromatic N) is 2. The summed E-state index contributed by atoms with van der Waals surface area (Å²) in [5.41, 5.74) is -0.0945. The zero-order valence-electron chi connectivity index (χ0n) is 7.25. The highest BCUT2D eigenvalue weighted by molar-refractivity contribution is 5.65. The van der Waals surface area contributed by atoms with Crippen molar-refractivity contribution in [3.05, 3.63) is 45.0 Å². The number of nitro groups is 1. The lowest BCUT2D eigenvalue weighted by atomic mass is 10.2. The van der Waals surface area contributed by atoms with Crippen molar-refractivity contribution in [3.63, 3.8) is 0 Å². The van der Waals surface area contributed by atoms with Gasteiger partial charge in [0, 0.05) is 6.07 Å². The minimum Gasteiger partial charge on any atom is -0.370 e. The van der Waals surface area contributed by atoms with Crippen LogP contribution >= 0.6 is 0 Å². The summed E-state index contributed by atoms with van der Waals surface area (Å²) in [5.74, 6) is -1.20. The van der Waals surface area contributed by atoms with Gasteiger partial charge in [0.25, 0.3) is 11.6 Å². The average molecular weight is 208 g/mol. The Morgan fingerprint density at radius 2 is 2.07 bits per heavy atom. The van der Waals surface area contributed by atoms with Crippen molar-refractivity contribution in [2.24, 2.45) is 0 Å². The Morgan fingerprint density at radius 1 is 1.33 bits per heavy atom. The quantitative estimate of drug-likeness (QED) is 0.543. The lowest BCUT2D eigenvalue weighted by Gasteiger charge is -1.95. The van der Waals surface area contributed by atoms with E-state index in [0.29, 0.717) is 0 Å². The Hall–Kier alpha value is -2.44. The number of hydrogen-bond acceptors (Lipinski definition) is 6. The minimum absolute atomic E-state index is 0.105. The molecule has 0 bridgehead atoms. The van der Waals surface area contributed by atoms with Gasteiger partial charge in [0.15, 0.2) is 0 Å². The Labute approximate surface area is 82.1 Å². The molecule has 7 heteroatoms. The summed E-state index contributed by atoms with van der Waals surface area (Å²) in [6, 6.07) is 5.76. The van der Waals surface area contributed by atoms with E-state index >= 15 is 0 Å². The van der Waals surface area contributed by atoms with Crippen molar-refractivity contribution in [2.75, 3.05) is 0 Å². The van der Waals surface area contributed by atoms with E-state index in [9.17, 15) is 14.9 Å². The predicted octanol–water partition coefficient (Wildman–Crippen LogP) is 1.20. The molecule has 0 radical (unpaired) electrons. The molecule has 0 atom stereocenters. The smallest absolute Gasteiger partial charge is 0.370 e. The third-order valence-electron chi connectivity index (χ3n) is 1.71.